The maximum absolute atomic E-state index is 11.7. The van der Waals surface area contributed by atoms with Crippen molar-refractivity contribution in [1.82, 2.24) is 0 Å². The molecule has 0 atom stereocenters. The van der Waals surface area contributed by atoms with Gasteiger partial charge in [0, 0.05) is 13.0 Å². The topological polar surface area (TPSA) is 77.5 Å². The van der Waals surface area contributed by atoms with E-state index in [4.69, 9.17) is 14.9 Å². The molecule has 3 N–H and O–H groups in total. The summed E-state index contributed by atoms with van der Waals surface area (Å²) in [4.78, 5) is 11.7. The van der Waals surface area contributed by atoms with Gasteiger partial charge in [0.15, 0.2) is 0 Å². The number of esters is 1. The molecular weight excluding hydrogens is 256 g/mol. The van der Waals surface area contributed by atoms with E-state index in [-0.39, 0.29) is 5.97 Å². The second kappa shape index (κ2) is 6.65. The Morgan fingerprint density at radius 3 is 2.95 bits per heavy atom. The second-order valence-corrected chi connectivity index (χ2v) is 4.28. The first kappa shape index (κ1) is 14.0. The van der Waals surface area contributed by atoms with E-state index in [0.29, 0.717) is 24.4 Å². The highest BCUT2D eigenvalue weighted by Crippen LogP contribution is 2.20. The second-order valence-electron chi connectivity index (χ2n) is 4.28. The Kier molecular flexibility index (Phi) is 4.65. The lowest BCUT2D eigenvalue weighted by molar-refractivity contribution is 0.0526. The molecule has 0 aliphatic rings. The minimum Gasteiger partial charge on any atom is -0.469 e. The quantitative estimate of drug-likeness (QED) is 0.625. The third kappa shape index (κ3) is 3.54. The van der Waals surface area contributed by atoms with Crippen LogP contribution in [0.25, 0.3) is 0 Å². The molecule has 0 aliphatic heterocycles. The molecule has 0 saturated carbocycles. The number of benzene rings is 1. The highest BCUT2D eigenvalue weighted by molar-refractivity contribution is 5.92. The van der Waals surface area contributed by atoms with Crippen LogP contribution >= 0.6 is 0 Å². The van der Waals surface area contributed by atoms with Gasteiger partial charge in [-0.05, 0) is 37.3 Å². The molecule has 5 heteroatoms. The van der Waals surface area contributed by atoms with Gasteiger partial charge in [-0.25, -0.2) is 4.79 Å². The number of rotatable bonds is 6. The summed E-state index contributed by atoms with van der Waals surface area (Å²) >= 11 is 0. The maximum Gasteiger partial charge on any atom is 0.338 e. The van der Waals surface area contributed by atoms with Gasteiger partial charge < -0.3 is 20.2 Å². The fraction of sp³-hybridized carbons (Fsp3) is 0.267. The monoisotopic (exact) mass is 274 g/mol. The van der Waals surface area contributed by atoms with E-state index in [9.17, 15) is 4.79 Å². The number of carbonyl (C=O) groups excluding carboxylic acids is 1. The molecular formula is C15H18N2O3. The number of ether oxygens (including phenoxy) is 1. The number of hydrogen-bond donors (Lipinski definition) is 2. The van der Waals surface area contributed by atoms with Crippen LogP contribution in [0, 0.1) is 0 Å². The fourth-order valence-electron chi connectivity index (χ4n) is 1.83. The first-order valence-corrected chi connectivity index (χ1v) is 6.53. The molecule has 5 nitrogen and oxygen atoms in total. The molecule has 2 aromatic rings. The van der Waals surface area contributed by atoms with Gasteiger partial charge in [-0.2, -0.15) is 0 Å². The van der Waals surface area contributed by atoms with E-state index in [1.807, 2.05) is 12.1 Å². The Hall–Kier alpha value is -2.43. The summed E-state index contributed by atoms with van der Waals surface area (Å²) in [7, 11) is 0. The van der Waals surface area contributed by atoms with Gasteiger partial charge in [0.25, 0.3) is 0 Å². The van der Waals surface area contributed by atoms with E-state index < -0.39 is 0 Å². The number of nitrogens with two attached hydrogens (primary N) is 1. The van der Waals surface area contributed by atoms with E-state index >= 15 is 0 Å². The number of nitrogens with one attached hydrogen (secondary N) is 1. The van der Waals surface area contributed by atoms with Gasteiger partial charge in [-0.3, -0.25) is 0 Å². The van der Waals surface area contributed by atoms with Crippen molar-refractivity contribution in [3.8, 4) is 0 Å². The van der Waals surface area contributed by atoms with Crippen LogP contribution < -0.4 is 11.1 Å². The largest absolute Gasteiger partial charge is 0.469 e. The van der Waals surface area contributed by atoms with Gasteiger partial charge in [0.05, 0.1) is 29.8 Å². The first-order valence-electron chi connectivity index (χ1n) is 6.53. The Morgan fingerprint density at radius 2 is 2.25 bits per heavy atom. The van der Waals surface area contributed by atoms with Gasteiger partial charge in [0.2, 0.25) is 0 Å². The van der Waals surface area contributed by atoms with Crippen LogP contribution in [-0.4, -0.2) is 19.1 Å². The van der Waals surface area contributed by atoms with Crippen molar-refractivity contribution in [3.63, 3.8) is 0 Å². The summed E-state index contributed by atoms with van der Waals surface area (Å²) in [5, 5.41) is 3.20. The average molecular weight is 274 g/mol. The molecule has 1 aromatic carbocycles. The number of hydrogen-bond acceptors (Lipinski definition) is 5. The summed E-state index contributed by atoms with van der Waals surface area (Å²) < 4.78 is 10.2. The van der Waals surface area contributed by atoms with Gasteiger partial charge >= 0.3 is 5.97 Å². The number of furan rings is 1. The molecule has 0 amide bonds. The Labute approximate surface area is 117 Å². The molecule has 0 fully saturated rings. The van der Waals surface area contributed by atoms with Crippen LogP contribution in [0.4, 0.5) is 11.4 Å². The molecule has 106 valence electrons. The van der Waals surface area contributed by atoms with Crippen LogP contribution in [-0.2, 0) is 11.2 Å². The lowest BCUT2D eigenvalue weighted by Crippen LogP contribution is -2.09. The summed E-state index contributed by atoms with van der Waals surface area (Å²) in [6, 6.07) is 8.83. The Balaban J connectivity index is 1.99. The SMILES string of the molecule is CCOC(=O)c1ccc(N)c(NCCc2ccco2)c1. The number of anilines is 2. The molecule has 2 rings (SSSR count). The third-order valence-corrected chi connectivity index (χ3v) is 2.83. The van der Waals surface area contributed by atoms with E-state index in [1.54, 1.807) is 31.4 Å². The zero-order valence-electron chi connectivity index (χ0n) is 11.4. The lowest BCUT2D eigenvalue weighted by atomic mass is 10.1. The standard InChI is InChI=1S/C15H18N2O3/c1-2-19-15(18)11-5-6-13(16)14(10-11)17-8-7-12-4-3-9-20-12/h3-6,9-10,17H,2,7-8,16H2,1H3. The molecule has 0 radical (unpaired) electrons. The summed E-state index contributed by atoms with van der Waals surface area (Å²) in [6.07, 6.45) is 2.39. The predicted octanol–water partition coefficient (Wildman–Crippen LogP) is 2.69. The van der Waals surface area contributed by atoms with Crippen molar-refractivity contribution in [2.45, 2.75) is 13.3 Å². The van der Waals surface area contributed by atoms with Gasteiger partial charge in [-0.15, -0.1) is 0 Å². The molecule has 0 bridgehead atoms. The van der Waals surface area contributed by atoms with Crippen molar-refractivity contribution in [1.29, 1.82) is 0 Å². The molecule has 1 aromatic heterocycles. The molecule has 20 heavy (non-hydrogen) atoms. The highest BCUT2D eigenvalue weighted by atomic mass is 16.5. The number of nitrogen functional groups attached to an aromatic ring is 1. The zero-order valence-corrected chi connectivity index (χ0v) is 11.4. The van der Waals surface area contributed by atoms with Crippen LogP contribution in [0.5, 0.6) is 0 Å². The van der Waals surface area contributed by atoms with Crippen molar-refractivity contribution >= 4 is 17.3 Å². The average Bonchev–Trinajstić information content (AvgIpc) is 2.94. The number of carbonyl (C=O) groups is 1. The van der Waals surface area contributed by atoms with Crippen molar-refractivity contribution < 1.29 is 13.9 Å². The minimum absolute atomic E-state index is 0.346. The molecule has 0 saturated heterocycles. The van der Waals surface area contributed by atoms with E-state index in [1.165, 1.54) is 0 Å². The van der Waals surface area contributed by atoms with Crippen LogP contribution in [0.3, 0.4) is 0 Å². The van der Waals surface area contributed by atoms with Crippen LogP contribution in [0.1, 0.15) is 23.0 Å². The molecule has 0 aliphatic carbocycles. The van der Waals surface area contributed by atoms with E-state index in [2.05, 4.69) is 5.32 Å². The fourth-order valence-corrected chi connectivity index (χ4v) is 1.83. The van der Waals surface area contributed by atoms with E-state index in [0.717, 1.165) is 17.9 Å². The minimum atomic E-state index is -0.346. The van der Waals surface area contributed by atoms with Gasteiger partial charge in [-0.1, -0.05) is 0 Å². The Morgan fingerprint density at radius 1 is 1.40 bits per heavy atom. The van der Waals surface area contributed by atoms with Crippen molar-refractivity contribution in [3.05, 3.63) is 47.9 Å². The maximum atomic E-state index is 11.7. The van der Waals surface area contributed by atoms with Gasteiger partial charge in [0.1, 0.15) is 5.76 Å². The summed E-state index contributed by atoms with van der Waals surface area (Å²) in [6.45, 7) is 2.80. The smallest absolute Gasteiger partial charge is 0.338 e. The molecule has 0 spiro atoms. The highest BCUT2D eigenvalue weighted by Gasteiger charge is 2.09. The predicted molar refractivity (Wildman–Crippen MR) is 77.7 cm³/mol. The van der Waals surface area contributed by atoms with Crippen molar-refractivity contribution in [2.75, 3.05) is 24.2 Å². The third-order valence-electron chi connectivity index (χ3n) is 2.83. The first-order chi connectivity index (χ1) is 9.70. The van der Waals surface area contributed by atoms with Crippen LogP contribution in [0.15, 0.2) is 41.0 Å². The van der Waals surface area contributed by atoms with Crippen molar-refractivity contribution in [2.24, 2.45) is 0 Å². The Bertz CT molecular complexity index is 565. The van der Waals surface area contributed by atoms with Crippen LogP contribution in [0.2, 0.25) is 0 Å². The molecule has 1 heterocycles. The normalized spacial score (nSPS) is 10.2. The lowest BCUT2D eigenvalue weighted by Gasteiger charge is -2.10. The summed E-state index contributed by atoms with van der Waals surface area (Å²) in [5.74, 6) is 0.555. The summed E-state index contributed by atoms with van der Waals surface area (Å²) in [5.41, 5.74) is 7.69. The molecule has 0 unspecified atom stereocenters. The zero-order chi connectivity index (χ0) is 14.4.